The van der Waals surface area contributed by atoms with Crippen LogP contribution in [0.1, 0.15) is 31.2 Å². The SMILES string of the molecule is COc1ccc(F)cc1CCC1CCC(CC#N)O1. The smallest absolute Gasteiger partial charge is 0.123 e. The Morgan fingerprint density at radius 2 is 2.21 bits per heavy atom. The average molecular weight is 263 g/mol. The molecule has 1 saturated heterocycles. The van der Waals surface area contributed by atoms with Gasteiger partial charge in [-0.25, -0.2) is 4.39 Å². The second-order valence-electron chi connectivity index (χ2n) is 4.81. The predicted octanol–water partition coefficient (Wildman–Crippen LogP) is 3.23. The number of hydrogen-bond acceptors (Lipinski definition) is 3. The molecule has 1 aromatic carbocycles. The second kappa shape index (κ2) is 6.53. The number of methoxy groups -OCH3 is 1. The monoisotopic (exact) mass is 263 g/mol. The molecule has 2 unspecified atom stereocenters. The molecule has 1 aromatic rings. The maximum atomic E-state index is 13.2. The molecule has 0 radical (unpaired) electrons. The van der Waals surface area contributed by atoms with Crippen LogP contribution in [-0.2, 0) is 11.2 Å². The molecule has 0 N–H and O–H groups in total. The highest BCUT2D eigenvalue weighted by Gasteiger charge is 2.24. The molecule has 1 aliphatic heterocycles. The van der Waals surface area contributed by atoms with Crippen molar-refractivity contribution in [3.8, 4) is 11.8 Å². The summed E-state index contributed by atoms with van der Waals surface area (Å²) in [5.41, 5.74) is 0.870. The van der Waals surface area contributed by atoms with Gasteiger partial charge in [-0.2, -0.15) is 5.26 Å². The molecule has 0 amide bonds. The van der Waals surface area contributed by atoms with Crippen LogP contribution in [0.25, 0.3) is 0 Å². The van der Waals surface area contributed by atoms with E-state index in [2.05, 4.69) is 6.07 Å². The van der Waals surface area contributed by atoms with Gasteiger partial charge >= 0.3 is 0 Å². The minimum Gasteiger partial charge on any atom is -0.496 e. The van der Waals surface area contributed by atoms with Gasteiger partial charge in [0.25, 0.3) is 0 Å². The van der Waals surface area contributed by atoms with E-state index in [9.17, 15) is 4.39 Å². The molecule has 1 aliphatic rings. The van der Waals surface area contributed by atoms with E-state index >= 15 is 0 Å². The van der Waals surface area contributed by atoms with Gasteiger partial charge in [-0.15, -0.1) is 0 Å². The molecule has 0 saturated carbocycles. The summed E-state index contributed by atoms with van der Waals surface area (Å²) in [4.78, 5) is 0. The number of benzene rings is 1. The van der Waals surface area contributed by atoms with Crippen LogP contribution in [-0.4, -0.2) is 19.3 Å². The first-order chi connectivity index (χ1) is 9.22. The molecule has 19 heavy (non-hydrogen) atoms. The quantitative estimate of drug-likeness (QED) is 0.819. The summed E-state index contributed by atoms with van der Waals surface area (Å²) in [5.74, 6) is 0.471. The summed E-state index contributed by atoms with van der Waals surface area (Å²) >= 11 is 0. The lowest BCUT2D eigenvalue weighted by Gasteiger charge is -2.13. The fourth-order valence-electron chi connectivity index (χ4n) is 2.50. The molecule has 1 fully saturated rings. The van der Waals surface area contributed by atoms with Gasteiger partial charge in [0.2, 0.25) is 0 Å². The molecular weight excluding hydrogens is 245 g/mol. The van der Waals surface area contributed by atoms with E-state index in [-0.39, 0.29) is 18.0 Å². The molecule has 0 aliphatic carbocycles. The standard InChI is InChI=1S/C15H18FNO2/c1-18-15-7-3-12(16)10-11(15)2-4-13-5-6-14(19-13)8-9-17/h3,7,10,13-14H,2,4-6,8H2,1H3. The molecule has 0 bridgehead atoms. The second-order valence-corrected chi connectivity index (χ2v) is 4.81. The van der Waals surface area contributed by atoms with Crippen molar-refractivity contribution in [1.82, 2.24) is 0 Å². The fourth-order valence-corrected chi connectivity index (χ4v) is 2.50. The lowest BCUT2D eigenvalue weighted by Crippen LogP contribution is -2.11. The normalized spacial score (nSPS) is 22.2. The first-order valence-electron chi connectivity index (χ1n) is 6.57. The maximum absolute atomic E-state index is 13.2. The van der Waals surface area contributed by atoms with E-state index in [1.807, 2.05) is 0 Å². The number of halogens is 1. The zero-order valence-electron chi connectivity index (χ0n) is 11.1. The minimum absolute atomic E-state index is 0.0735. The molecule has 4 heteroatoms. The Kier molecular flexibility index (Phi) is 4.75. The van der Waals surface area contributed by atoms with Crippen molar-refractivity contribution in [3.05, 3.63) is 29.6 Å². The third kappa shape index (κ3) is 3.68. The largest absolute Gasteiger partial charge is 0.496 e. The average Bonchev–Trinajstić information content (AvgIpc) is 2.85. The van der Waals surface area contributed by atoms with E-state index in [1.54, 1.807) is 13.2 Å². The Bertz CT molecular complexity index is 470. The summed E-state index contributed by atoms with van der Waals surface area (Å²) < 4.78 is 24.2. The topological polar surface area (TPSA) is 42.2 Å². The van der Waals surface area contributed by atoms with E-state index in [4.69, 9.17) is 14.7 Å². The summed E-state index contributed by atoms with van der Waals surface area (Å²) in [6.45, 7) is 0. The fraction of sp³-hybridized carbons (Fsp3) is 0.533. The summed E-state index contributed by atoms with van der Waals surface area (Å²) in [7, 11) is 1.59. The highest BCUT2D eigenvalue weighted by Crippen LogP contribution is 2.27. The van der Waals surface area contributed by atoms with Gasteiger partial charge in [0.15, 0.2) is 0 Å². The Balaban J connectivity index is 1.89. The summed E-state index contributed by atoms with van der Waals surface area (Å²) in [5, 5.41) is 8.63. The van der Waals surface area contributed by atoms with Crippen LogP contribution >= 0.6 is 0 Å². The van der Waals surface area contributed by atoms with Crippen molar-refractivity contribution >= 4 is 0 Å². The zero-order chi connectivity index (χ0) is 13.7. The van der Waals surface area contributed by atoms with Crippen LogP contribution < -0.4 is 4.74 Å². The van der Waals surface area contributed by atoms with Crippen molar-refractivity contribution < 1.29 is 13.9 Å². The van der Waals surface area contributed by atoms with Crippen LogP contribution in [0.5, 0.6) is 5.75 Å². The number of nitrogens with zero attached hydrogens (tertiary/aromatic N) is 1. The molecule has 0 spiro atoms. The number of aryl methyl sites for hydroxylation is 1. The molecule has 102 valence electrons. The van der Waals surface area contributed by atoms with Crippen LogP contribution in [0, 0.1) is 17.1 Å². The summed E-state index contributed by atoms with van der Waals surface area (Å²) in [6.07, 6.45) is 4.19. The number of ether oxygens (including phenoxy) is 2. The van der Waals surface area contributed by atoms with Crippen molar-refractivity contribution in [1.29, 1.82) is 5.26 Å². The van der Waals surface area contributed by atoms with E-state index < -0.39 is 0 Å². The first-order valence-corrected chi connectivity index (χ1v) is 6.57. The maximum Gasteiger partial charge on any atom is 0.123 e. The molecule has 3 nitrogen and oxygen atoms in total. The first kappa shape index (κ1) is 13.8. The van der Waals surface area contributed by atoms with Gasteiger partial charge in [-0.05, 0) is 49.4 Å². The van der Waals surface area contributed by atoms with E-state index in [1.165, 1.54) is 12.1 Å². The molecule has 1 heterocycles. The Labute approximate surface area is 112 Å². The van der Waals surface area contributed by atoms with E-state index in [0.29, 0.717) is 12.2 Å². The predicted molar refractivity (Wildman–Crippen MR) is 69.4 cm³/mol. The number of hydrogen-bond donors (Lipinski definition) is 0. The van der Waals surface area contributed by atoms with Crippen LogP contribution in [0.3, 0.4) is 0 Å². The van der Waals surface area contributed by atoms with Gasteiger partial charge in [-0.1, -0.05) is 0 Å². The van der Waals surface area contributed by atoms with Crippen molar-refractivity contribution in [3.63, 3.8) is 0 Å². The highest BCUT2D eigenvalue weighted by atomic mass is 19.1. The van der Waals surface area contributed by atoms with Crippen molar-refractivity contribution in [2.24, 2.45) is 0 Å². The molecule has 2 atom stereocenters. The van der Waals surface area contributed by atoms with Crippen molar-refractivity contribution in [2.45, 2.75) is 44.3 Å². The molecule has 2 rings (SSSR count). The van der Waals surface area contributed by atoms with Gasteiger partial charge < -0.3 is 9.47 Å². The third-order valence-electron chi connectivity index (χ3n) is 3.49. The van der Waals surface area contributed by atoms with Gasteiger partial charge in [0.1, 0.15) is 11.6 Å². The Hall–Kier alpha value is -1.60. The van der Waals surface area contributed by atoms with Gasteiger partial charge in [-0.3, -0.25) is 0 Å². The van der Waals surface area contributed by atoms with Crippen LogP contribution in [0.2, 0.25) is 0 Å². The lowest BCUT2D eigenvalue weighted by atomic mass is 10.0. The van der Waals surface area contributed by atoms with Crippen molar-refractivity contribution in [2.75, 3.05) is 7.11 Å². The molecule has 0 aromatic heterocycles. The van der Waals surface area contributed by atoms with E-state index in [0.717, 1.165) is 31.2 Å². The lowest BCUT2D eigenvalue weighted by molar-refractivity contribution is 0.0435. The van der Waals surface area contributed by atoms with Crippen LogP contribution in [0.4, 0.5) is 4.39 Å². The summed E-state index contributed by atoms with van der Waals surface area (Å²) in [6, 6.07) is 6.70. The zero-order valence-corrected chi connectivity index (χ0v) is 11.1. The minimum atomic E-state index is -0.245. The Morgan fingerprint density at radius 3 is 2.95 bits per heavy atom. The molecular formula is C15H18FNO2. The third-order valence-corrected chi connectivity index (χ3v) is 3.49. The van der Waals surface area contributed by atoms with Gasteiger partial charge in [0.05, 0.1) is 31.8 Å². The highest BCUT2D eigenvalue weighted by molar-refractivity contribution is 5.34. The number of nitriles is 1. The van der Waals surface area contributed by atoms with Crippen LogP contribution in [0.15, 0.2) is 18.2 Å². The Morgan fingerprint density at radius 1 is 1.42 bits per heavy atom. The van der Waals surface area contributed by atoms with Gasteiger partial charge in [0, 0.05) is 0 Å². The number of rotatable bonds is 5.